The second kappa shape index (κ2) is 11.3. The van der Waals surface area contributed by atoms with E-state index in [0.717, 1.165) is 72.3 Å². The van der Waals surface area contributed by atoms with Crippen LogP contribution < -0.4 is 10.6 Å². The van der Waals surface area contributed by atoms with Gasteiger partial charge in [-0.15, -0.1) is 11.3 Å². The molecule has 2 N–H and O–H groups in total. The van der Waals surface area contributed by atoms with Crippen molar-refractivity contribution in [1.29, 1.82) is 0 Å². The van der Waals surface area contributed by atoms with Gasteiger partial charge in [-0.1, -0.05) is 18.2 Å². The maximum atomic E-state index is 12.9. The van der Waals surface area contributed by atoms with E-state index in [0.29, 0.717) is 11.3 Å². The van der Waals surface area contributed by atoms with Crippen molar-refractivity contribution in [2.24, 2.45) is 0 Å². The number of aromatic nitrogens is 2. The van der Waals surface area contributed by atoms with Crippen molar-refractivity contribution in [3.05, 3.63) is 89.1 Å². The number of thiazole rings is 1. The number of rotatable bonds is 8. The lowest BCUT2D eigenvalue weighted by molar-refractivity contribution is -0.119. The molecule has 0 spiro atoms. The van der Waals surface area contributed by atoms with E-state index < -0.39 is 0 Å². The summed E-state index contributed by atoms with van der Waals surface area (Å²) < 4.78 is 0. The van der Waals surface area contributed by atoms with Crippen LogP contribution in [0.4, 0.5) is 16.5 Å². The lowest BCUT2D eigenvalue weighted by Crippen LogP contribution is -2.45. The number of hydrogen-bond donors (Lipinski definition) is 2. The summed E-state index contributed by atoms with van der Waals surface area (Å²) in [6, 6.07) is 17.4. The number of hydrogen-bond acceptors (Lipinski definition) is 7. The van der Waals surface area contributed by atoms with Crippen molar-refractivity contribution in [3.8, 4) is 11.3 Å². The van der Waals surface area contributed by atoms with Crippen LogP contribution >= 0.6 is 11.3 Å². The van der Waals surface area contributed by atoms with Crippen LogP contribution in [0.15, 0.2) is 72.4 Å². The Bertz CT molecular complexity index is 1370. The Kier molecular flexibility index (Phi) is 7.53. The molecule has 3 heterocycles. The van der Waals surface area contributed by atoms with E-state index in [9.17, 15) is 9.59 Å². The maximum absolute atomic E-state index is 12.9. The van der Waals surface area contributed by atoms with E-state index in [4.69, 9.17) is 0 Å². The Morgan fingerprint density at radius 1 is 1.08 bits per heavy atom. The zero-order valence-electron chi connectivity index (χ0n) is 20.6. The number of nitrogens with one attached hydrogen (secondary N) is 2. The third-order valence-electron chi connectivity index (χ3n) is 6.38. The number of aryl methyl sites for hydroxylation is 1. The van der Waals surface area contributed by atoms with Gasteiger partial charge in [0.25, 0.3) is 5.91 Å². The van der Waals surface area contributed by atoms with Crippen molar-refractivity contribution in [3.63, 3.8) is 0 Å². The van der Waals surface area contributed by atoms with Gasteiger partial charge in [-0.05, 0) is 54.4 Å². The van der Waals surface area contributed by atoms with Gasteiger partial charge in [0.05, 0.1) is 5.69 Å². The standard InChI is InChI=1S/C28H28N6O2S/c1-20-4-9-24(15-25(20)31-28-32-26(18-37-28)23-3-2-10-29-16-23)30-27(36)22-7-5-21(6-8-22)17-33-11-13-34(19-35)14-12-33/h2-10,15-16,18-19H,11-14,17H2,1H3,(H,30,36)(H,31,32). The van der Waals surface area contributed by atoms with Gasteiger partial charge in [-0.2, -0.15) is 0 Å². The Morgan fingerprint density at radius 2 is 1.89 bits per heavy atom. The molecule has 9 heteroatoms. The smallest absolute Gasteiger partial charge is 0.255 e. The van der Waals surface area contributed by atoms with Crippen LogP contribution in [0.5, 0.6) is 0 Å². The minimum Gasteiger partial charge on any atom is -0.343 e. The molecule has 4 aromatic rings. The molecule has 0 saturated carbocycles. The number of piperazine rings is 1. The quantitative estimate of drug-likeness (QED) is 0.330. The van der Waals surface area contributed by atoms with E-state index in [-0.39, 0.29) is 5.91 Å². The minimum atomic E-state index is -0.158. The molecule has 0 unspecified atom stereocenters. The average Bonchev–Trinajstić information content (AvgIpc) is 3.40. The summed E-state index contributed by atoms with van der Waals surface area (Å²) in [6.07, 6.45) is 4.45. The first-order chi connectivity index (χ1) is 18.1. The summed E-state index contributed by atoms with van der Waals surface area (Å²) in [5.41, 5.74) is 6.23. The highest BCUT2D eigenvalue weighted by atomic mass is 32.1. The predicted molar refractivity (Wildman–Crippen MR) is 147 cm³/mol. The summed E-state index contributed by atoms with van der Waals surface area (Å²) in [5.74, 6) is -0.158. The normalized spacial score (nSPS) is 13.8. The number of anilines is 3. The molecule has 2 amide bonds. The van der Waals surface area contributed by atoms with E-state index in [1.807, 2.05) is 66.9 Å². The van der Waals surface area contributed by atoms with Crippen LogP contribution in [-0.2, 0) is 11.3 Å². The van der Waals surface area contributed by atoms with Gasteiger partial charge in [0, 0.05) is 73.0 Å². The fraction of sp³-hybridized carbons (Fsp3) is 0.214. The maximum Gasteiger partial charge on any atom is 0.255 e. The van der Waals surface area contributed by atoms with E-state index >= 15 is 0 Å². The summed E-state index contributed by atoms with van der Waals surface area (Å²) in [4.78, 5) is 36.7. The molecule has 0 atom stereocenters. The molecule has 0 radical (unpaired) electrons. The van der Waals surface area contributed by atoms with Crippen molar-refractivity contribution in [1.82, 2.24) is 19.8 Å². The highest BCUT2D eigenvalue weighted by Crippen LogP contribution is 2.29. The molecule has 188 valence electrons. The van der Waals surface area contributed by atoms with Crippen LogP contribution in [0.25, 0.3) is 11.3 Å². The molecule has 37 heavy (non-hydrogen) atoms. The number of nitrogens with zero attached hydrogens (tertiary/aromatic N) is 4. The number of carbonyl (C=O) groups is 2. The first-order valence-corrected chi connectivity index (χ1v) is 13.0. The average molecular weight is 513 g/mol. The van der Waals surface area contributed by atoms with Crippen molar-refractivity contribution in [2.75, 3.05) is 36.8 Å². The SMILES string of the molecule is Cc1ccc(NC(=O)c2ccc(CN3CCN(C=O)CC3)cc2)cc1Nc1nc(-c2cccnc2)cs1. The first-order valence-electron chi connectivity index (χ1n) is 12.1. The molecule has 2 aromatic carbocycles. The summed E-state index contributed by atoms with van der Waals surface area (Å²) in [7, 11) is 0. The third kappa shape index (κ3) is 6.19. The Morgan fingerprint density at radius 3 is 2.62 bits per heavy atom. The largest absolute Gasteiger partial charge is 0.343 e. The molecule has 2 aromatic heterocycles. The Hall–Kier alpha value is -4.08. The lowest BCUT2D eigenvalue weighted by Gasteiger charge is -2.32. The monoisotopic (exact) mass is 512 g/mol. The molecule has 8 nitrogen and oxygen atoms in total. The van der Waals surface area contributed by atoms with Crippen molar-refractivity contribution >= 4 is 40.2 Å². The van der Waals surface area contributed by atoms with Crippen molar-refractivity contribution in [2.45, 2.75) is 13.5 Å². The highest BCUT2D eigenvalue weighted by Gasteiger charge is 2.16. The van der Waals surface area contributed by atoms with Crippen LogP contribution in [0.2, 0.25) is 0 Å². The number of benzene rings is 2. The second-order valence-corrected chi connectivity index (χ2v) is 9.86. The number of carbonyl (C=O) groups excluding carboxylic acids is 2. The minimum absolute atomic E-state index is 0.158. The third-order valence-corrected chi connectivity index (χ3v) is 7.13. The van der Waals surface area contributed by atoms with Crippen LogP contribution in [0.1, 0.15) is 21.5 Å². The van der Waals surface area contributed by atoms with Gasteiger partial charge in [-0.25, -0.2) is 4.98 Å². The molecule has 1 saturated heterocycles. The summed E-state index contributed by atoms with van der Waals surface area (Å²) in [6.45, 7) is 6.05. The van der Waals surface area contributed by atoms with Crippen LogP contribution in [0, 0.1) is 6.92 Å². The van der Waals surface area contributed by atoms with Gasteiger partial charge in [0.1, 0.15) is 0 Å². The topological polar surface area (TPSA) is 90.5 Å². The fourth-order valence-electron chi connectivity index (χ4n) is 4.18. The highest BCUT2D eigenvalue weighted by molar-refractivity contribution is 7.14. The molecule has 1 aliphatic rings. The Balaban J connectivity index is 1.20. The lowest BCUT2D eigenvalue weighted by atomic mass is 10.1. The molecule has 0 aliphatic carbocycles. The number of amides is 2. The van der Waals surface area contributed by atoms with Crippen LogP contribution in [0.3, 0.4) is 0 Å². The molecular weight excluding hydrogens is 484 g/mol. The predicted octanol–water partition coefficient (Wildman–Crippen LogP) is 4.78. The fourth-order valence-corrected chi connectivity index (χ4v) is 4.91. The van der Waals surface area contributed by atoms with Crippen molar-refractivity contribution < 1.29 is 9.59 Å². The summed E-state index contributed by atoms with van der Waals surface area (Å²) >= 11 is 1.52. The first kappa shape index (κ1) is 24.6. The van der Waals surface area contributed by atoms with Crippen LogP contribution in [-0.4, -0.2) is 58.3 Å². The van der Waals surface area contributed by atoms with Gasteiger partial charge in [-0.3, -0.25) is 19.5 Å². The molecular formula is C28H28N6O2S. The van der Waals surface area contributed by atoms with E-state index in [1.165, 1.54) is 11.3 Å². The second-order valence-electron chi connectivity index (χ2n) is 9.00. The molecule has 1 aliphatic heterocycles. The van der Waals surface area contributed by atoms with E-state index in [1.54, 1.807) is 17.3 Å². The number of pyridine rings is 1. The van der Waals surface area contributed by atoms with Gasteiger partial charge >= 0.3 is 0 Å². The van der Waals surface area contributed by atoms with Gasteiger partial charge in [0.2, 0.25) is 6.41 Å². The molecule has 5 rings (SSSR count). The zero-order chi connectivity index (χ0) is 25.6. The van der Waals surface area contributed by atoms with Gasteiger partial charge in [0.15, 0.2) is 5.13 Å². The van der Waals surface area contributed by atoms with Gasteiger partial charge < -0.3 is 15.5 Å². The molecule has 1 fully saturated rings. The molecule has 0 bridgehead atoms. The van der Waals surface area contributed by atoms with E-state index in [2.05, 4.69) is 25.5 Å². The Labute approximate surface area is 220 Å². The summed E-state index contributed by atoms with van der Waals surface area (Å²) in [5, 5.41) is 9.15. The zero-order valence-corrected chi connectivity index (χ0v) is 21.4.